The van der Waals surface area contributed by atoms with Crippen molar-refractivity contribution in [2.45, 2.75) is 7.43 Å². The van der Waals surface area contributed by atoms with Gasteiger partial charge in [-0.25, -0.2) is 0 Å². The average molecular weight is 140 g/mol. The van der Waals surface area contributed by atoms with Gasteiger partial charge in [-0.1, -0.05) is 7.43 Å². The minimum atomic E-state index is 0. The fourth-order valence-corrected chi connectivity index (χ4v) is 0. The summed E-state index contributed by atoms with van der Waals surface area (Å²) in [6.45, 7) is 0. The summed E-state index contributed by atoms with van der Waals surface area (Å²) in [5.41, 5.74) is 0. The van der Waals surface area contributed by atoms with Gasteiger partial charge in [0.25, 0.3) is 0 Å². The van der Waals surface area contributed by atoms with Crippen LogP contribution < -0.4 is 0 Å². The van der Waals surface area contributed by atoms with Crippen molar-refractivity contribution in [3.63, 3.8) is 0 Å². The summed E-state index contributed by atoms with van der Waals surface area (Å²) in [5, 5.41) is 0. The largest absolute Gasteiger partial charge is 0.197 e. The standard InChI is InChI=1S/CH4.Fe.H3P.H2S/h1H4;;1H3;1H2. The van der Waals surface area contributed by atoms with Gasteiger partial charge in [-0.15, -0.1) is 0 Å². The Bertz CT molecular complexity index is 8.00. The van der Waals surface area contributed by atoms with Crippen molar-refractivity contribution in [1.29, 1.82) is 0 Å². The zero-order valence-corrected chi connectivity index (χ0v) is 5.08. The molecule has 0 saturated heterocycles. The zero-order chi connectivity index (χ0) is 0. The third kappa shape index (κ3) is 10.3. The van der Waals surface area contributed by atoms with Gasteiger partial charge in [0.2, 0.25) is 0 Å². The van der Waals surface area contributed by atoms with Gasteiger partial charge in [-0.05, 0) is 0 Å². The van der Waals surface area contributed by atoms with Gasteiger partial charge in [0, 0.05) is 17.1 Å². The van der Waals surface area contributed by atoms with E-state index in [0.717, 1.165) is 0 Å². The molecular weight excluding hydrogens is 131 g/mol. The summed E-state index contributed by atoms with van der Waals surface area (Å²) in [6.07, 6.45) is 0. The Morgan fingerprint density at radius 2 is 1.00 bits per heavy atom. The zero-order valence-electron chi connectivity index (χ0n) is 1.56. The van der Waals surface area contributed by atoms with Crippen molar-refractivity contribution >= 4 is 23.4 Å². The van der Waals surface area contributed by atoms with Gasteiger partial charge >= 0.3 is 0 Å². The van der Waals surface area contributed by atoms with E-state index in [2.05, 4.69) is 0 Å². The molecule has 4 heavy (non-hydrogen) atoms. The van der Waals surface area contributed by atoms with Crippen LogP contribution in [0.2, 0.25) is 0 Å². The fraction of sp³-hybridized carbons (Fsp3) is 1.00. The third-order valence-corrected chi connectivity index (χ3v) is 0. The molecule has 0 aliphatic carbocycles. The first-order valence-electron chi connectivity index (χ1n) is 0. The van der Waals surface area contributed by atoms with Crippen LogP contribution >= 0.6 is 23.4 Å². The van der Waals surface area contributed by atoms with Crippen molar-refractivity contribution in [2.24, 2.45) is 0 Å². The fourth-order valence-electron chi connectivity index (χ4n) is 0. The van der Waals surface area contributed by atoms with Gasteiger partial charge in [0.05, 0.1) is 0 Å². The normalized spacial score (nSPS) is 0. The van der Waals surface area contributed by atoms with E-state index in [1.165, 1.54) is 0 Å². The smallest absolute Gasteiger partial charge is 0 e. The molecule has 0 radical (unpaired) electrons. The van der Waals surface area contributed by atoms with Crippen LogP contribution in [0.5, 0.6) is 0 Å². The Kier molecular flexibility index (Phi) is 402. The van der Waals surface area contributed by atoms with E-state index in [1.54, 1.807) is 0 Å². The minimum Gasteiger partial charge on any atom is -0.197 e. The summed E-state index contributed by atoms with van der Waals surface area (Å²) in [7, 11) is 0. The summed E-state index contributed by atoms with van der Waals surface area (Å²) in [5.74, 6) is 0. The van der Waals surface area contributed by atoms with Crippen LogP contribution in [0, 0.1) is 0 Å². The summed E-state index contributed by atoms with van der Waals surface area (Å²) >= 11 is 0. The molecule has 1 unspecified atom stereocenters. The molecular formula is CH9FePS. The van der Waals surface area contributed by atoms with Crippen molar-refractivity contribution in [3.8, 4) is 0 Å². The van der Waals surface area contributed by atoms with Crippen LogP contribution in [-0.2, 0) is 17.1 Å². The molecule has 3 heteroatoms. The number of rotatable bonds is 0. The quantitative estimate of drug-likeness (QED) is 0.345. The maximum absolute atomic E-state index is 0. The van der Waals surface area contributed by atoms with Crippen molar-refractivity contribution in [2.75, 3.05) is 0 Å². The molecule has 0 aromatic heterocycles. The predicted octanol–water partition coefficient (Wildman–Crippen LogP) is 0.805. The molecule has 0 spiro atoms. The number of hydrogen-bond donors (Lipinski definition) is 0. The van der Waals surface area contributed by atoms with E-state index in [9.17, 15) is 0 Å². The molecule has 0 fully saturated rings. The number of hydrogen-bond acceptors (Lipinski definition) is 0. The van der Waals surface area contributed by atoms with E-state index in [-0.39, 0.29) is 47.9 Å². The molecule has 0 heterocycles. The second-order valence-corrected chi connectivity index (χ2v) is 0. The third-order valence-electron chi connectivity index (χ3n) is 0. The van der Waals surface area contributed by atoms with Crippen LogP contribution in [0.15, 0.2) is 0 Å². The Labute approximate surface area is 48.3 Å². The first kappa shape index (κ1) is 58.0. The molecule has 0 nitrogen and oxygen atoms in total. The molecule has 32 valence electrons. The maximum Gasteiger partial charge on any atom is 0 e. The molecule has 0 aromatic rings. The summed E-state index contributed by atoms with van der Waals surface area (Å²) < 4.78 is 0. The topological polar surface area (TPSA) is 0 Å². The molecule has 1 atom stereocenters. The van der Waals surface area contributed by atoms with Gasteiger partial charge in [-0.2, -0.15) is 23.4 Å². The molecule has 0 aromatic carbocycles. The first-order valence-corrected chi connectivity index (χ1v) is 0. The second-order valence-electron chi connectivity index (χ2n) is 0. The van der Waals surface area contributed by atoms with E-state index in [4.69, 9.17) is 0 Å². The van der Waals surface area contributed by atoms with E-state index < -0.39 is 0 Å². The van der Waals surface area contributed by atoms with Crippen molar-refractivity contribution in [1.82, 2.24) is 0 Å². The van der Waals surface area contributed by atoms with Crippen LogP contribution in [0.3, 0.4) is 0 Å². The van der Waals surface area contributed by atoms with Gasteiger partial charge < -0.3 is 0 Å². The van der Waals surface area contributed by atoms with Gasteiger partial charge in [0.1, 0.15) is 0 Å². The summed E-state index contributed by atoms with van der Waals surface area (Å²) in [4.78, 5) is 0. The second kappa shape index (κ2) is 27.7. The van der Waals surface area contributed by atoms with Gasteiger partial charge in [0.15, 0.2) is 0 Å². The Morgan fingerprint density at radius 3 is 1.00 bits per heavy atom. The Balaban J connectivity index is 0. The average Bonchev–Trinajstić information content (AvgIpc) is 0. The minimum absolute atomic E-state index is 0. The monoisotopic (exact) mass is 140 g/mol. The SMILES string of the molecule is C.P.S.[Fe]. The Morgan fingerprint density at radius 1 is 1.00 bits per heavy atom. The molecule has 0 rings (SSSR count). The van der Waals surface area contributed by atoms with Crippen LogP contribution in [-0.4, -0.2) is 0 Å². The maximum atomic E-state index is 0. The van der Waals surface area contributed by atoms with E-state index in [1.807, 2.05) is 0 Å². The van der Waals surface area contributed by atoms with Crippen LogP contribution in [0.25, 0.3) is 0 Å². The van der Waals surface area contributed by atoms with E-state index in [0.29, 0.717) is 0 Å². The van der Waals surface area contributed by atoms with Gasteiger partial charge in [-0.3, -0.25) is 0 Å². The van der Waals surface area contributed by atoms with Crippen LogP contribution in [0.1, 0.15) is 7.43 Å². The molecule has 0 N–H and O–H groups in total. The molecule has 0 amide bonds. The van der Waals surface area contributed by atoms with E-state index >= 15 is 0 Å². The van der Waals surface area contributed by atoms with Crippen molar-refractivity contribution in [3.05, 3.63) is 0 Å². The molecule has 0 aliphatic heterocycles. The molecule has 0 bridgehead atoms. The molecule has 0 saturated carbocycles. The molecule has 0 aliphatic rings. The Hall–Kier alpha value is 1.30. The summed E-state index contributed by atoms with van der Waals surface area (Å²) in [6, 6.07) is 0. The van der Waals surface area contributed by atoms with Crippen molar-refractivity contribution < 1.29 is 17.1 Å². The first-order chi connectivity index (χ1) is 0. The van der Waals surface area contributed by atoms with Crippen LogP contribution in [0.4, 0.5) is 0 Å². The predicted molar refractivity (Wildman–Crippen MR) is 28.2 cm³/mol.